The van der Waals surface area contributed by atoms with Gasteiger partial charge in [0, 0.05) is 18.3 Å². The SMILES string of the molecule is O=C(O)c1ccc(S(=O)(=O)N=Cc2ccc([N+](=O)[O-])cc2)cc1. The first-order valence-electron chi connectivity index (χ1n) is 6.18. The lowest BCUT2D eigenvalue weighted by molar-refractivity contribution is -0.384. The second-order valence-electron chi connectivity index (χ2n) is 4.39. The van der Waals surface area contributed by atoms with E-state index in [4.69, 9.17) is 5.11 Å². The van der Waals surface area contributed by atoms with E-state index >= 15 is 0 Å². The molecule has 1 N–H and O–H groups in total. The summed E-state index contributed by atoms with van der Waals surface area (Å²) in [7, 11) is -3.98. The maximum Gasteiger partial charge on any atom is 0.335 e. The third kappa shape index (κ3) is 3.98. The lowest BCUT2D eigenvalue weighted by Gasteiger charge is -1.99. The second-order valence-corrected chi connectivity index (χ2v) is 6.02. The number of aromatic carboxylic acids is 1. The number of sulfonamides is 1. The Hall–Kier alpha value is -3.07. The van der Waals surface area contributed by atoms with Gasteiger partial charge in [-0.15, -0.1) is 0 Å². The van der Waals surface area contributed by atoms with Crippen molar-refractivity contribution in [2.75, 3.05) is 0 Å². The zero-order valence-corrected chi connectivity index (χ0v) is 12.3. The van der Waals surface area contributed by atoms with Crippen LogP contribution in [-0.2, 0) is 10.0 Å². The van der Waals surface area contributed by atoms with Crippen LogP contribution in [0.3, 0.4) is 0 Å². The Balaban J connectivity index is 2.22. The molecule has 9 heteroatoms. The molecule has 2 rings (SSSR count). The molecule has 0 saturated heterocycles. The van der Waals surface area contributed by atoms with E-state index in [1.54, 1.807) is 0 Å². The van der Waals surface area contributed by atoms with Crippen LogP contribution in [0.5, 0.6) is 0 Å². The predicted octanol–water partition coefficient (Wildman–Crippen LogP) is 2.10. The van der Waals surface area contributed by atoms with Crippen LogP contribution >= 0.6 is 0 Å². The summed E-state index contributed by atoms with van der Waals surface area (Å²) in [6.07, 6.45) is 1.06. The maximum atomic E-state index is 12.0. The molecule has 0 saturated carbocycles. The van der Waals surface area contributed by atoms with Crippen LogP contribution in [0, 0.1) is 10.1 Å². The average Bonchev–Trinajstić information content (AvgIpc) is 2.53. The molecule has 2 aromatic rings. The molecule has 0 atom stereocenters. The Morgan fingerprint density at radius 1 is 1.09 bits per heavy atom. The zero-order chi connectivity index (χ0) is 17.0. The molecule has 0 unspecified atom stereocenters. The molecule has 0 aliphatic rings. The normalized spacial score (nSPS) is 11.5. The largest absolute Gasteiger partial charge is 0.478 e. The van der Waals surface area contributed by atoms with Crippen LogP contribution in [0.15, 0.2) is 57.8 Å². The molecular formula is C14H10N2O6S. The molecule has 23 heavy (non-hydrogen) atoms. The number of carboxylic acid groups (broad SMARTS) is 1. The molecule has 0 spiro atoms. The molecule has 0 fully saturated rings. The number of nitro benzene ring substituents is 1. The third-order valence-corrected chi connectivity index (χ3v) is 4.09. The van der Waals surface area contributed by atoms with Crippen LogP contribution in [0.4, 0.5) is 5.69 Å². The van der Waals surface area contributed by atoms with Gasteiger partial charge in [0.1, 0.15) is 0 Å². The highest BCUT2D eigenvalue weighted by Gasteiger charge is 2.13. The van der Waals surface area contributed by atoms with Gasteiger partial charge in [0.25, 0.3) is 15.7 Å². The molecule has 0 aliphatic heterocycles. The van der Waals surface area contributed by atoms with Gasteiger partial charge in [0.15, 0.2) is 0 Å². The number of non-ortho nitro benzene ring substituents is 1. The number of hydrogen-bond donors (Lipinski definition) is 1. The summed E-state index contributed by atoms with van der Waals surface area (Å²) in [5, 5.41) is 19.3. The number of rotatable bonds is 5. The fourth-order valence-electron chi connectivity index (χ4n) is 1.64. The van der Waals surface area contributed by atoms with E-state index in [-0.39, 0.29) is 16.1 Å². The first kappa shape index (κ1) is 16.3. The first-order chi connectivity index (χ1) is 10.8. The number of benzene rings is 2. The van der Waals surface area contributed by atoms with E-state index in [2.05, 4.69) is 4.40 Å². The van der Waals surface area contributed by atoms with Crippen molar-refractivity contribution in [1.29, 1.82) is 0 Å². The Bertz CT molecular complexity index is 870. The van der Waals surface area contributed by atoms with Gasteiger partial charge in [-0.1, -0.05) is 0 Å². The fraction of sp³-hybridized carbons (Fsp3) is 0. The number of nitro groups is 1. The van der Waals surface area contributed by atoms with Crippen LogP contribution in [0.25, 0.3) is 0 Å². The Morgan fingerprint density at radius 2 is 1.65 bits per heavy atom. The fourth-order valence-corrected chi connectivity index (χ4v) is 2.50. The summed E-state index contributed by atoms with van der Waals surface area (Å²) in [5.41, 5.74) is 0.221. The maximum absolute atomic E-state index is 12.0. The topological polar surface area (TPSA) is 127 Å². The molecule has 0 aromatic heterocycles. The van der Waals surface area contributed by atoms with Gasteiger partial charge in [0.2, 0.25) is 0 Å². The molecule has 2 aromatic carbocycles. The number of hydrogen-bond acceptors (Lipinski definition) is 5. The van der Waals surface area contributed by atoms with E-state index in [0.29, 0.717) is 5.56 Å². The lowest BCUT2D eigenvalue weighted by atomic mass is 10.2. The van der Waals surface area contributed by atoms with Crippen molar-refractivity contribution in [2.24, 2.45) is 4.40 Å². The smallest absolute Gasteiger partial charge is 0.335 e. The molecule has 0 amide bonds. The summed E-state index contributed by atoms with van der Waals surface area (Å²) >= 11 is 0. The molecule has 0 radical (unpaired) electrons. The van der Waals surface area contributed by atoms with Gasteiger partial charge in [-0.2, -0.15) is 12.8 Å². The first-order valence-corrected chi connectivity index (χ1v) is 7.62. The zero-order valence-electron chi connectivity index (χ0n) is 11.5. The van der Waals surface area contributed by atoms with Crippen LogP contribution in [-0.4, -0.2) is 30.6 Å². The predicted molar refractivity (Wildman–Crippen MR) is 81.3 cm³/mol. The molecule has 0 aliphatic carbocycles. The van der Waals surface area contributed by atoms with E-state index < -0.39 is 20.9 Å². The minimum Gasteiger partial charge on any atom is -0.478 e. The van der Waals surface area contributed by atoms with E-state index in [0.717, 1.165) is 30.5 Å². The van der Waals surface area contributed by atoms with Crippen molar-refractivity contribution >= 4 is 27.9 Å². The summed E-state index contributed by atoms with van der Waals surface area (Å²) in [4.78, 5) is 20.5. The summed E-state index contributed by atoms with van der Waals surface area (Å²) in [6.45, 7) is 0. The lowest BCUT2D eigenvalue weighted by Crippen LogP contribution is -2.00. The van der Waals surface area contributed by atoms with Gasteiger partial charge in [-0.05, 0) is 42.0 Å². The molecule has 0 heterocycles. The van der Waals surface area contributed by atoms with Crippen LogP contribution in [0.1, 0.15) is 15.9 Å². The van der Waals surface area contributed by atoms with Crippen LogP contribution < -0.4 is 0 Å². The van der Waals surface area contributed by atoms with E-state index in [1.165, 1.54) is 24.3 Å². The second kappa shape index (κ2) is 6.36. The number of nitrogens with zero attached hydrogens (tertiary/aromatic N) is 2. The van der Waals surface area contributed by atoms with Gasteiger partial charge >= 0.3 is 5.97 Å². The monoisotopic (exact) mass is 334 g/mol. The number of carbonyl (C=O) groups is 1. The summed E-state index contributed by atoms with van der Waals surface area (Å²) < 4.78 is 27.5. The highest BCUT2D eigenvalue weighted by molar-refractivity contribution is 7.90. The Morgan fingerprint density at radius 3 is 2.13 bits per heavy atom. The highest BCUT2D eigenvalue weighted by atomic mass is 32.2. The average molecular weight is 334 g/mol. The van der Waals surface area contributed by atoms with Gasteiger partial charge in [-0.3, -0.25) is 10.1 Å². The molecule has 118 valence electrons. The van der Waals surface area contributed by atoms with Crippen molar-refractivity contribution in [2.45, 2.75) is 4.90 Å². The van der Waals surface area contributed by atoms with Crippen molar-refractivity contribution in [3.63, 3.8) is 0 Å². The summed E-state index contributed by atoms with van der Waals surface area (Å²) in [6, 6.07) is 9.81. The van der Waals surface area contributed by atoms with Gasteiger partial charge in [0.05, 0.1) is 15.4 Å². The standard InChI is InChI=1S/C14H10N2O6S/c17-14(18)11-3-7-13(8-4-11)23(21,22)15-9-10-1-5-12(6-2-10)16(19)20/h1-9H,(H,17,18). The summed E-state index contributed by atoms with van der Waals surface area (Å²) in [5.74, 6) is -1.16. The van der Waals surface area contributed by atoms with Gasteiger partial charge < -0.3 is 5.11 Å². The Labute approximate surface area is 130 Å². The van der Waals surface area contributed by atoms with Crippen molar-refractivity contribution in [1.82, 2.24) is 0 Å². The van der Waals surface area contributed by atoms with Crippen molar-refractivity contribution in [3.8, 4) is 0 Å². The minimum atomic E-state index is -3.98. The molecular weight excluding hydrogens is 324 g/mol. The number of carboxylic acids is 1. The van der Waals surface area contributed by atoms with E-state index in [9.17, 15) is 23.3 Å². The third-order valence-electron chi connectivity index (χ3n) is 2.84. The minimum absolute atomic E-state index is 0.0386. The quantitative estimate of drug-likeness (QED) is 0.507. The molecule has 8 nitrogen and oxygen atoms in total. The Kier molecular flexibility index (Phi) is 4.51. The van der Waals surface area contributed by atoms with Crippen LogP contribution in [0.2, 0.25) is 0 Å². The highest BCUT2D eigenvalue weighted by Crippen LogP contribution is 2.15. The van der Waals surface area contributed by atoms with E-state index in [1.807, 2.05) is 0 Å². The van der Waals surface area contributed by atoms with Gasteiger partial charge in [-0.25, -0.2) is 4.79 Å². The van der Waals surface area contributed by atoms with Crippen molar-refractivity contribution in [3.05, 3.63) is 69.8 Å². The van der Waals surface area contributed by atoms with Crippen molar-refractivity contribution < 1.29 is 23.2 Å². The molecule has 0 bridgehead atoms.